The number of nitrogens with zero attached hydrogens (tertiary/aromatic N) is 1. The van der Waals surface area contributed by atoms with Gasteiger partial charge in [-0.1, -0.05) is 50.3 Å². The molecule has 0 spiro atoms. The fraction of sp³-hybridized carbons (Fsp3) is 0.577. The molecule has 1 aliphatic rings. The normalized spacial score (nSPS) is 16.3. The van der Waals surface area contributed by atoms with Gasteiger partial charge in [0.25, 0.3) is 0 Å². The zero-order chi connectivity index (χ0) is 25.0. The van der Waals surface area contributed by atoms with Crippen LogP contribution in [0.25, 0.3) is 0 Å². The highest BCUT2D eigenvalue weighted by molar-refractivity contribution is 5.90. The van der Waals surface area contributed by atoms with Gasteiger partial charge in [0, 0.05) is 6.54 Å². The summed E-state index contributed by atoms with van der Waals surface area (Å²) in [7, 11) is 0. The highest BCUT2D eigenvalue weighted by atomic mass is 16.6. The maximum Gasteiger partial charge on any atom is 0.410 e. The molecule has 1 aliphatic heterocycles. The molecule has 2 atom stereocenters. The number of rotatable bonds is 7. The number of carbonyl (C=O) groups excluding carboxylic acids is 3. The minimum Gasteiger partial charge on any atom is -0.459 e. The summed E-state index contributed by atoms with van der Waals surface area (Å²) in [6.07, 6.45) is 2.95. The second-order valence-electron chi connectivity index (χ2n) is 9.52. The molecule has 0 aromatic heterocycles. The van der Waals surface area contributed by atoms with Gasteiger partial charge in [0.1, 0.15) is 24.3 Å². The van der Waals surface area contributed by atoms with Gasteiger partial charge in [0.2, 0.25) is 5.91 Å². The van der Waals surface area contributed by atoms with Gasteiger partial charge in [-0.05, 0) is 58.4 Å². The average Bonchev–Trinajstić information content (AvgIpc) is 3.21. The van der Waals surface area contributed by atoms with Crippen LogP contribution in [-0.4, -0.2) is 47.1 Å². The lowest BCUT2D eigenvalue weighted by atomic mass is 10.0. The molecule has 7 nitrogen and oxygen atoms in total. The molecule has 0 aliphatic carbocycles. The third-order valence-corrected chi connectivity index (χ3v) is 4.72. The number of nitrogens with one attached hydrogen (secondary N) is 1. The predicted octanol–water partition coefficient (Wildman–Crippen LogP) is 4.85. The van der Waals surface area contributed by atoms with E-state index >= 15 is 0 Å². The van der Waals surface area contributed by atoms with Crippen molar-refractivity contribution >= 4 is 18.0 Å². The van der Waals surface area contributed by atoms with E-state index in [1.807, 2.05) is 51.1 Å². The van der Waals surface area contributed by atoms with Crippen molar-refractivity contribution in [3.05, 3.63) is 48.6 Å². The molecule has 1 N–H and O–H groups in total. The van der Waals surface area contributed by atoms with Gasteiger partial charge in [-0.3, -0.25) is 9.69 Å². The van der Waals surface area contributed by atoms with E-state index in [-0.39, 0.29) is 18.4 Å². The van der Waals surface area contributed by atoms with Crippen molar-refractivity contribution < 1.29 is 23.9 Å². The van der Waals surface area contributed by atoms with Crippen LogP contribution in [0, 0.1) is 5.92 Å². The van der Waals surface area contributed by atoms with Gasteiger partial charge >= 0.3 is 12.1 Å². The monoisotopic (exact) mass is 460 g/mol. The van der Waals surface area contributed by atoms with Crippen LogP contribution in [0.2, 0.25) is 0 Å². The molecule has 1 saturated heterocycles. The van der Waals surface area contributed by atoms with Crippen molar-refractivity contribution in [3.63, 3.8) is 0 Å². The number of hydrogen-bond acceptors (Lipinski definition) is 5. The topological polar surface area (TPSA) is 84.9 Å². The smallest absolute Gasteiger partial charge is 0.410 e. The Bertz CT molecular complexity index is 771. The molecule has 33 heavy (non-hydrogen) atoms. The second-order valence-corrected chi connectivity index (χ2v) is 9.52. The zero-order valence-electron chi connectivity index (χ0n) is 20.9. The quantitative estimate of drug-likeness (QED) is 0.464. The van der Waals surface area contributed by atoms with Crippen LogP contribution in [-0.2, 0) is 25.7 Å². The summed E-state index contributed by atoms with van der Waals surface area (Å²) in [6, 6.07) is 7.99. The summed E-state index contributed by atoms with van der Waals surface area (Å²) >= 11 is 0. The highest BCUT2D eigenvalue weighted by Crippen LogP contribution is 2.21. The number of allylic oxidation sites excluding steroid dienone is 1. The third kappa shape index (κ3) is 10.6. The number of benzene rings is 1. The van der Waals surface area contributed by atoms with E-state index in [1.54, 1.807) is 26.8 Å². The Balaban J connectivity index is 0.00000172. The maximum atomic E-state index is 12.9. The predicted molar refractivity (Wildman–Crippen MR) is 129 cm³/mol. The Labute approximate surface area is 198 Å². The van der Waals surface area contributed by atoms with Crippen LogP contribution in [0.1, 0.15) is 66.4 Å². The molecule has 1 aromatic rings. The van der Waals surface area contributed by atoms with Crippen LogP contribution in [0.15, 0.2) is 43.0 Å². The molecule has 1 fully saturated rings. The number of likely N-dealkylation sites (tertiary alicyclic amines) is 1. The van der Waals surface area contributed by atoms with Crippen molar-refractivity contribution in [1.29, 1.82) is 0 Å². The number of hydrogen-bond donors (Lipinski definition) is 1. The summed E-state index contributed by atoms with van der Waals surface area (Å²) < 4.78 is 10.9. The van der Waals surface area contributed by atoms with Gasteiger partial charge in [0.15, 0.2) is 0 Å². The molecule has 2 amide bonds. The first kappa shape index (κ1) is 28.2. The summed E-state index contributed by atoms with van der Waals surface area (Å²) in [6.45, 7) is 15.2. The number of carbonyl (C=O) groups is 3. The first-order chi connectivity index (χ1) is 15.5. The Morgan fingerprint density at radius 1 is 1.21 bits per heavy atom. The van der Waals surface area contributed by atoms with Gasteiger partial charge in [-0.2, -0.15) is 0 Å². The average molecular weight is 461 g/mol. The highest BCUT2D eigenvalue weighted by Gasteiger charge is 2.38. The van der Waals surface area contributed by atoms with Crippen LogP contribution in [0.3, 0.4) is 0 Å². The summed E-state index contributed by atoms with van der Waals surface area (Å²) in [4.78, 5) is 39.5. The van der Waals surface area contributed by atoms with Gasteiger partial charge < -0.3 is 14.8 Å². The molecular formula is C26H40N2O5. The molecular weight excluding hydrogens is 420 g/mol. The Hall–Kier alpha value is -2.83. The summed E-state index contributed by atoms with van der Waals surface area (Å²) in [5.74, 6) is -0.631. The number of amides is 2. The van der Waals surface area contributed by atoms with Crippen molar-refractivity contribution in [1.82, 2.24) is 10.2 Å². The van der Waals surface area contributed by atoms with Crippen LogP contribution >= 0.6 is 0 Å². The van der Waals surface area contributed by atoms with E-state index in [4.69, 9.17) is 9.47 Å². The minimum absolute atomic E-state index is 0.150. The molecule has 1 heterocycles. The van der Waals surface area contributed by atoms with Crippen molar-refractivity contribution in [3.8, 4) is 0 Å². The van der Waals surface area contributed by atoms with Crippen molar-refractivity contribution in [2.45, 2.75) is 85.1 Å². The largest absolute Gasteiger partial charge is 0.459 e. The third-order valence-electron chi connectivity index (χ3n) is 4.72. The Morgan fingerprint density at radius 2 is 1.82 bits per heavy atom. The number of ether oxygens (including phenoxy) is 2. The van der Waals surface area contributed by atoms with Crippen LogP contribution in [0.5, 0.6) is 0 Å². The lowest BCUT2D eigenvalue weighted by Gasteiger charge is -2.29. The van der Waals surface area contributed by atoms with Crippen LogP contribution in [0.4, 0.5) is 4.79 Å². The molecule has 0 radical (unpaired) electrons. The summed E-state index contributed by atoms with van der Waals surface area (Å²) in [5, 5.41) is 2.81. The standard InChI is InChI=1S/C23H34N2O5.C3H6/c1-16(2)14-18(21(27)29-15-17-10-7-6-8-11-17)24-20(26)19-12-9-13-25(19)22(28)30-23(3,4)5;1-3-2/h6-8,10-11,16,18-19H,9,12-15H2,1-5H3,(H,24,26);3H,1H2,2H3. The Morgan fingerprint density at radius 3 is 2.36 bits per heavy atom. The molecule has 1 aromatic carbocycles. The minimum atomic E-state index is -0.762. The molecule has 2 unspecified atom stereocenters. The number of esters is 1. The second kappa shape index (κ2) is 13.7. The SMILES string of the molecule is C=CC.CC(C)CC(NC(=O)C1CCCN1C(=O)OC(C)(C)C)C(=O)OCc1ccccc1. The summed E-state index contributed by atoms with van der Waals surface area (Å²) in [5.41, 5.74) is 0.245. The van der Waals surface area contributed by atoms with E-state index in [2.05, 4.69) is 11.9 Å². The fourth-order valence-electron chi connectivity index (χ4n) is 3.36. The molecule has 184 valence electrons. The van der Waals surface area contributed by atoms with Crippen LogP contribution < -0.4 is 5.32 Å². The lowest BCUT2D eigenvalue weighted by Crippen LogP contribution is -2.52. The van der Waals surface area contributed by atoms with Crippen molar-refractivity contribution in [2.24, 2.45) is 5.92 Å². The van der Waals surface area contributed by atoms with E-state index < -0.39 is 29.7 Å². The molecule has 0 bridgehead atoms. The molecule has 7 heteroatoms. The fourth-order valence-corrected chi connectivity index (χ4v) is 3.36. The first-order valence-electron chi connectivity index (χ1n) is 11.6. The van der Waals surface area contributed by atoms with Gasteiger partial charge in [-0.25, -0.2) is 9.59 Å². The van der Waals surface area contributed by atoms with Crippen molar-refractivity contribution in [2.75, 3.05) is 6.54 Å². The van der Waals surface area contributed by atoms with Gasteiger partial charge in [-0.15, -0.1) is 6.58 Å². The first-order valence-corrected chi connectivity index (χ1v) is 11.6. The van der Waals surface area contributed by atoms with E-state index in [0.717, 1.165) is 5.56 Å². The van der Waals surface area contributed by atoms with E-state index in [0.29, 0.717) is 25.8 Å². The van der Waals surface area contributed by atoms with E-state index in [1.165, 1.54) is 4.90 Å². The molecule has 0 saturated carbocycles. The van der Waals surface area contributed by atoms with Gasteiger partial charge in [0.05, 0.1) is 0 Å². The maximum absolute atomic E-state index is 12.9. The zero-order valence-corrected chi connectivity index (χ0v) is 20.9. The Kier molecular flexibility index (Phi) is 11.7. The lowest BCUT2D eigenvalue weighted by molar-refractivity contribution is -0.150. The molecule has 2 rings (SSSR count). The van der Waals surface area contributed by atoms with E-state index in [9.17, 15) is 14.4 Å².